The summed E-state index contributed by atoms with van der Waals surface area (Å²) >= 11 is 0. The second-order valence-electron chi connectivity index (χ2n) is 4.67. The van der Waals surface area contributed by atoms with Gasteiger partial charge in [0.25, 0.3) is 0 Å². The standard InChI is InChI=1S/C11H19NO4/c1-5-15-10(14)8-7(13)6-16-9(8)12-11(2,3)4/h7,12-13H,5-6H2,1-4H3/t7-/m1/s1. The van der Waals surface area contributed by atoms with Crippen LogP contribution in [0.3, 0.4) is 0 Å². The van der Waals surface area contributed by atoms with Crippen LogP contribution in [0.2, 0.25) is 0 Å². The summed E-state index contributed by atoms with van der Waals surface area (Å²) in [4.78, 5) is 11.6. The van der Waals surface area contributed by atoms with Crippen molar-refractivity contribution in [3.05, 3.63) is 11.5 Å². The molecule has 5 heteroatoms. The SMILES string of the molecule is CCOC(=O)C1=C(NC(C)(C)C)OC[C@H]1O. The van der Waals surface area contributed by atoms with E-state index in [-0.39, 0.29) is 24.3 Å². The van der Waals surface area contributed by atoms with E-state index in [0.717, 1.165) is 0 Å². The zero-order valence-corrected chi connectivity index (χ0v) is 10.2. The van der Waals surface area contributed by atoms with Gasteiger partial charge in [0, 0.05) is 5.54 Å². The number of esters is 1. The molecule has 0 saturated carbocycles. The van der Waals surface area contributed by atoms with Gasteiger partial charge in [0.2, 0.25) is 5.88 Å². The fourth-order valence-electron chi connectivity index (χ4n) is 1.36. The number of carbonyl (C=O) groups is 1. The highest BCUT2D eigenvalue weighted by Crippen LogP contribution is 2.21. The molecule has 1 rings (SSSR count). The lowest BCUT2D eigenvalue weighted by molar-refractivity contribution is -0.139. The molecule has 0 aromatic carbocycles. The summed E-state index contributed by atoms with van der Waals surface area (Å²) < 4.78 is 10.1. The van der Waals surface area contributed by atoms with Crippen LogP contribution in [0.5, 0.6) is 0 Å². The number of aliphatic hydroxyl groups is 1. The first-order valence-corrected chi connectivity index (χ1v) is 5.35. The fraction of sp³-hybridized carbons (Fsp3) is 0.727. The van der Waals surface area contributed by atoms with Crippen molar-refractivity contribution in [2.24, 2.45) is 0 Å². The molecule has 1 atom stereocenters. The molecule has 2 N–H and O–H groups in total. The van der Waals surface area contributed by atoms with Gasteiger partial charge in [-0.1, -0.05) is 0 Å². The highest BCUT2D eigenvalue weighted by atomic mass is 16.5. The van der Waals surface area contributed by atoms with Crippen molar-refractivity contribution in [3.8, 4) is 0 Å². The number of aliphatic hydroxyl groups excluding tert-OH is 1. The average Bonchev–Trinajstić information content (AvgIpc) is 2.44. The Bertz CT molecular complexity index is 304. The van der Waals surface area contributed by atoms with Crippen LogP contribution < -0.4 is 5.32 Å². The van der Waals surface area contributed by atoms with Crippen molar-refractivity contribution in [1.29, 1.82) is 0 Å². The first-order valence-electron chi connectivity index (χ1n) is 5.35. The lowest BCUT2D eigenvalue weighted by atomic mass is 10.1. The van der Waals surface area contributed by atoms with Crippen molar-refractivity contribution in [1.82, 2.24) is 5.32 Å². The number of carbonyl (C=O) groups excluding carboxylic acids is 1. The Morgan fingerprint density at radius 2 is 2.25 bits per heavy atom. The molecule has 0 radical (unpaired) electrons. The van der Waals surface area contributed by atoms with Crippen LogP contribution in [0.4, 0.5) is 0 Å². The zero-order chi connectivity index (χ0) is 12.3. The van der Waals surface area contributed by atoms with Crippen LogP contribution in [-0.4, -0.2) is 35.9 Å². The predicted molar refractivity (Wildman–Crippen MR) is 58.5 cm³/mol. The van der Waals surface area contributed by atoms with Gasteiger partial charge in [-0.15, -0.1) is 0 Å². The van der Waals surface area contributed by atoms with Gasteiger partial charge in [-0.25, -0.2) is 4.79 Å². The summed E-state index contributed by atoms with van der Waals surface area (Å²) in [6.45, 7) is 7.91. The molecule has 92 valence electrons. The van der Waals surface area contributed by atoms with E-state index in [0.29, 0.717) is 5.88 Å². The smallest absolute Gasteiger partial charge is 0.342 e. The van der Waals surface area contributed by atoms with E-state index in [1.807, 2.05) is 20.8 Å². The predicted octanol–water partition coefficient (Wildman–Crippen LogP) is 0.540. The molecule has 0 aromatic rings. The van der Waals surface area contributed by atoms with Gasteiger partial charge in [-0.05, 0) is 27.7 Å². The Balaban J connectivity index is 2.87. The molecule has 1 aliphatic rings. The number of hydrogen-bond acceptors (Lipinski definition) is 5. The first kappa shape index (κ1) is 12.8. The van der Waals surface area contributed by atoms with Gasteiger partial charge in [0.05, 0.1) is 6.61 Å². The van der Waals surface area contributed by atoms with Crippen LogP contribution in [-0.2, 0) is 14.3 Å². The average molecular weight is 229 g/mol. The molecule has 1 aliphatic heterocycles. The van der Waals surface area contributed by atoms with Gasteiger partial charge < -0.3 is 19.9 Å². The first-order chi connectivity index (χ1) is 7.35. The summed E-state index contributed by atoms with van der Waals surface area (Å²) in [5.41, 5.74) is -0.0614. The third-order valence-electron chi connectivity index (χ3n) is 1.95. The van der Waals surface area contributed by atoms with Crippen molar-refractivity contribution < 1.29 is 19.4 Å². The lowest BCUT2D eigenvalue weighted by Crippen LogP contribution is -2.36. The van der Waals surface area contributed by atoms with E-state index in [9.17, 15) is 9.90 Å². The highest BCUT2D eigenvalue weighted by Gasteiger charge is 2.33. The molecule has 16 heavy (non-hydrogen) atoms. The quantitative estimate of drug-likeness (QED) is 0.691. The highest BCUT2D eigenvalue weighted by molar-refractivity contribution is 5.90. The zero-order valence-electron chi connectivity index (χ0n) is 10.2. The van der Waals surface area contributed by atoms with E-state index in [1.54, 1.807) is 6.92 Å². The molecule has 0 saturated heterocycles. The number of ether oxygens (including phenoxy) is 2. The number of rotatable bonds is 3. The fourth-order valence-corrected chi connectivity index (χ4v) is 1.36. The van der Waals surface area contributed by atoms with Crippen molar-refractivity contribution in [2.75, 3.05) is 13.2 Å². The van der Waals surface area contributed by atoms with Gasteiger partial charge >= 0.3 is 5.97 Å². The third kappa shape index (κ3) is 3.13. The van der Waals surface area contributed by atoms with Crippen LogP contribution in [0.15, 0.2) is 11.5 Å². The van der Waals surface area contributed by atoms with E-state index in [2.05, 4.69) is 5.32 Å². The number of hydrogen-bond donors (Lipinski definition) is 2. The summed E-state index contributed by atoms with van der Waals surface area (Å²) in [5.74, 6) is -0.210. The van der Waals surface area contributed by atoms with Crippen LogP contribution in [0.25, 0.3) is 0 Å². The van der Waals surface area contributed by atoms with Gasteiger partial charge in [-0.3, -0.25) is 0 Å². The van der Waals surface area contributed by atoms with Crippen molar-refractivity contribution in [3.63, 3.8) is 0 Å². The monoisotopic (exact) mass is 229 g/mol. The van der Waals surface area contributed by atoms with Crippen LogP contribution >= 0.6 is 0 Å². The summed E-state index contributed by atoms with van der Waals surface area (Å²) in [6, 6.07) is 0. The van der Waals surface area contributed by atoms with Gasteiger partial charge in [0.1, 0.15) is 18.3 Å². The van der Waals surface area contributed by atoms with E-state index in [1.165, 1.54) is 0 Å². The largest absolute Gasteiger partial charge is 0.476 e. The normalized spacial score (nSPS) is 20.7. The van der Waals surface area contributed by atoms with E-state index >= 15 is 0 Å². The molecule has 0 aromatic heterocycles. The van der Waals surface area contributed by atoms with Crippen LogP contribution in [0.1, 0.15) is 27.7 Å². The minimum Gasteiger partial charge on any atom is -0.476 e. The summed E-state index contributed by atoms with van der Waals surface area (Å²) in [5, 5.41) is 12.7. The van der Waals surface area contributed by atoms with Crippen molar-refractivity contribution in [2.45, 2.75) is 39.3 Å². The Morgan fingerprint density at radius 3 is 2.75 bits per heavy atom. The molecule has 1 heterocycles. The second kappa shape index (κ2) is 4.74. The molecule has 0 bridgehead atoms. The molecule has 0 unspecified atom stereocenters. The van der Waals surface area contributed by atoms with Gasteiger partial charge in [-0.2, -0.15) is 0 Å². The van der Waals surface area contributed by atoms with Crippen molar-refractivity contribution >= 4 is 5.97 Å². The molecular weight excluding hydrogens is 210 g/mol. The maximum atomic E-state index is 11.6. The maximum absolute atomic E-state index is 11.6. The molecular formula is C11H19NO4. The summed E-state index contributed by atoms with van der Waals surface area (Å²) in [6.07, 6.45) is -0.913. The third-order valence-corrected chi connectivity index (χ3v) is 1.95. The molecule has 0 fully saturated rings. The Hall–Kier alpha value is -1.23. The Kier molecular flexibility index (Phi) is 3.80. The van der Waals surface area contributed by atoms with E-state index in [4.69, 9.17) is 9.47 Å². The maximum Gasteiger partial charge on any atom is 0.342 e. The molecule has 5 nitrogen and oxygen atoms in total. The molecule has 0 spiro atoms. The Morgan fingerprint density at radius 1 is 1.62 bits per heavy atom. The lowest BCUT2D eigenvalue weighted by Gasteiger charge is -2.22. The molecule has 0 amide bonds. The van der Waals surface area contributed by atoms with Gasteiger partial charge in [0.15, 0.2) is 0 Å². The number of nitrogens with one attached hydrogen (secondary N) is 1. The van der Waals surface area contributed by atoms with Crippen LogP contribution in [0, 0.1) is 0 Å². The Labute approximate surface area is 95.4 Å². The summed E-state index contributed by atoms with van der Waals surface area (Å²) in [7, 11) is 0. The molecule has 0 aliphatic carbocycles. The minimum atomic E-state index is -0.913. The second-order valence-corrected chi connectivity index (χ2v) is 4.67. The van der Waals surface area contributed by atoms with E-state index < -0.39 is 12.1 Å². The topological polar surface area (TPSA) is 67.8 Å². The minimum absolute atomic E-state index is 0.0898.